The first-order chi connectivity index (χ1) is 13.6. The summed E-state index contributed by atoms with van der Waals surface area (Å²) >= 11 is 11.9. The maximum absolute atomic E-state index is 14.0. The average Bonchev–Trinajstić information content (AvgIpc) is 2.69. The lowest BCUT2D eigenvalue weighted by Crippen LogP contribution is -2.03. The van der Waals surface area contributed by atoms with E-state index in [0.29, 0.717) is 27.1 Å². The Balaban J connectivity index is 1.80. The van der Waals surface area contributed by atoms with Gasteiger partial charge in [-0.15, -0.1) is 0 Å². The zero-order valence-electron chi connectivity index (χ0n) is 15.0. The number of anilines is 1. The Morgan fingerprint density at radius 3 is 2.50 bits per heavy atom. The first-order valence-electron chi connectivity index (χ1n) is 8.36. The van der Waals surface area contributed by atoms with E-state index in [0.717, 1.165) is 5.69 Å². The Hall–Kier alpha value is -2.76. The molecular weight excluding hydrogens is 402 g/mol. The molecule has 0 saturated carbocycles. The first kappa shape index (κ1) is 20.0. The van der Waals surface area contributed by atoms with Crippen molar-refractivity contribution in [3.05, 3.63) is 87.7 Å². The second kappa shape index (κ2) is 9.44. The summed E-state index contributed by atoms with van der Waals surface area (Å²) in [6.07, 6.45) is 1.59. The molecule has 0 heterocycles. The zero-order valence-corrected chi connectivity index (χ0v) is 16.5. The van der Waals surface area contributed by atoms with Gasteiger partial charge in [0.05, 0.1) is 24.0 Å². The second-order valence-electron chi connectivity index (χ2n) is 5.74. The lowest BCUT2D eigenvalue weighted by molar-refractivity contribution is 0.279. The van der Waals surface area contributed by atoms with Crippen molar-refractivity contribution in [2.75, 3.05) is 12.5 Å². The molecule has 3 rings (SSSR count). The maximum atomic E-state index is 14.0. The number of hydrazone groups is 1. The number of nitrogens with zero attached hydrogens (tertiary/aromatic N) is 1. The fourth-order valence-corrected chi connectivity index (χ4v) is 2.81. The van der Waals surface area contributed by atoms with Gasteiger partial charge in [-0.3, -0.25) is 5.43 Å². The number of halogens is 3. The Labute approximate surface area is 172 Å². The van der Waals surface area contributed by atoms with Gasteiger partial charge in [-0.2, -0.15) is 5.10 Å². The molecule has 144 valence electrons. The number of nitrogens with one attached hydrogen (secondary N) is 1. The fourth-order valence-electron chi connectivity index (χ4n) is 2.47. The molecule has 0 unspecified atom stereocenters. The van der Waals surface area contributed by atoms with Crippen LogP contribution in [0.5, 0.6) is 11.5 Å². The summed E-state index contributed by atoms with van der Waals surface area (Å²) in [7, 11) is 1.53. The zero-order chi connectivity index (χ0) is 19.9. The molecule has 0 bridgehead atoms. The van der Waals surface area contributed by atoms with Gasteiger partial charge in [0, 0.05) is 16.1 Å². The van der Waals surface area contributed by atoms with Gasteiger partial charge in [0.2, 0.25) is 0 Å². The third kappa shape index (κ3) is 4.94. The highest BCUT2D eigenvalue weighted by Crippen LogP contribution is 2.32. The van der Waals surface area contributed by atoms with Crippen LogP contribution in [0.25, 0.3) is 0 Å². The first-order valence-corrected chi connectivity index (χ1v) is 9.11. The fraction of sp³-hybridized carbons (Fsp3) is 0.0952. The highest BCUT2D eigenvalue weighted by molar-refractivity contribution is 6.31. The SMILES string of the molecule is COc1cccc(C=NNc2ccc(Cl)cc2)c1OCc1c(F)cccc1Cl. The number of ether oxygens (including phenoxy) is 2. The summed E-state index contributed by atoms with van der Waals surface area (Å²) < 4.78 is 25.2. The van der Waals surface area contributed by atoms with E-state index in [1.54, 1.807) is 36.5 Å². The van der Waals surface area contributed by atoms with Crippen molar-refractivity contribution >= 4 is 35.1 Å². The summed E-state index contributed by atoms with van der Waals surface area (Å²) in [5.41, 5.74) is 4.63. The van der Waals surface area contributed by atoms with Crippen LogP contribution in [-0.4, -0.2) is 13.3 Å². The van der Waals surface area contributed by atoms with Crippen LogP contribution in [0.2, 0.25) is 10.0 Å². The number of hydrogen-bond donors (Lipinski definition) is 1. The minimum atomic E-state index is -0.429. The average molecular weight is 419 g/mol. The standard InChI is InChI=1S/C21H17Cl2FN2O2/c1-27-20-7-2-4-14(12-25-26-16-10-8-15(22)9-11-16)21(20)28-13-17-18(23)5-3-6-19(17)24/h2-12,26H,13H2,1H3. The predicted octanol–water partition coefficient (Wildman–Crippen LogP) is 6.17. The molecule has 0 saturated heterocycles. The molecule has 0 fully saturated rings. The second-order valence-corrected chi connectivity index (χ2v) is 6.59. The van der Waals surface area contributed by atoms with Crippen LogP contribution in [0, 0.1) is 5.82 Å². The molecule has 0 atom stereocenters. The molecule has 28 heavy (non-hydrogen) atoms. The van der Waals surface area contributed by atoms with Gasteiger partial charge in [-0.05, 0) is 48.5 Å². The summed E-state index contributed by atoms with van der Waals surface area (Å²) in [6.45, 7) is -0.0443. The molecule has 3 aromatic carbocycles. The molecule has 0 spiro atoms. The molecule has 0 radical (unpaired) electrons. The van der Waals surface area contributed by atoms with E-state index in [9.17, 15) is 4.39 Å². The maximum Gasteiger partial charge on any atom is 0.170 e. The predicted molar refractivity (Wildman–Crippen MR) is 111 cm³/mol. The normalized spacial score (nSPS) is 10.9. The third-order valence-corrected chi connectivity index (χ3v) is 4.50. The number of methoxy groups -OCH3 is 1. The van der Waals surface area contributed by atoms with Crippen LogP contribution >= 0.6 is 23.2 Å². The van der Waals surface area contributed by atoms with E-state index in [-0.39, 0.29) is 12.2 Å². The monoisotopic (exact) mass is 418 g/mol. The summed E-state index contributed by atoms with van der Waals surface area (Å²) in [5.74, 6) is 0.510. The number of hydrogen-bond acceptors (Lipinski definition) is 4. The van der Waals surface area contributed by atoms with E-state index in [4.69, 9.17) is 32.7 Å². The van der Waals surface area contributed by atoms with E-state index in [1.165, 1.54) is 13.2 Å². The van der Waals surface area contributed by atoms with Gasteiger partial charge in [0.25, 0.3) is 0 Å². The minimum absolute atomic E-state index is 0.0443. The summed E-state index contributed by atoms with van der Waals surface area (Å²) in [4.78, 5) is 0. The highest BCUT2D eigenvalue weighted by Gasteiger charge is 2.13. The van der Waals surface area contributed by atoms with Crippen molar-refractivity contribution in [3.63, 3.8) is 0 Å². The molecule has 0 aromatic heterocycles. The van der Waals surface area contributed by atoms with Crippen molar-refractivity contribution in [2.45, 2.75) is 6.61 Å². The molecule has 0 aliphatic heterocycles. The molecule has 7 heteroatoms. The quantitative estimate of drug-likeness (QED) is 0.368. The van der Waals surface area contributed by atoms with Crippen LogP contribution in [0.3, 0.4) is 0 Å². The third-order valence-electron chi connectivity index (χ3n) is 3.89. The topological polar surface area (TPSA) is 42.8 Å². The van der Waals surface area contributed by atoms with Crippen LogP contribution in [-0.2, 0) is 6.61 Å². The molecule has 0 amide bonds. The number of rotatable bonds is 7. The van der Waals surface area contributed by atoms with E-state index in [2.05, 4.69) is 10.5 Å². The number of benzene rings is 3. The van der Waals surface area contributed by atoms with Crippen molar-refractivity contribution in [1.82, 2.24) is 0 Å². The molecular formula is C21H17Cl2FN2O2. The molecule has 0 aliphatic carbocycles. The largest absolute Gasteiger partial charge is 0.493 e. The van der Waals surface area contributed by atoms with E-state index in [1.807, 2.05) is 24.3 Å². The van der Waals surface area contributed by atoms with Crippen LogP contribution in [0.15, 0.2) is 65.8 Å². The molecule has 3 aromatic rings. The Bertz CT molecular complexity index is 958. The van der Waals surface area contributed by atoms with Crippen LogP contribution < -0.4 is 14.9 Å². The van der Waals surface area contributed by atoms with Gasteiger partial charge in [0.1, 0.15) is 12.4 Å². The number of para-hydroxylation sites is 1. The van der Waals surface area contributed by atoms with Crippen LogP contribution in [0.1, 0.15) is 11.1 Å². The minimum Gasteiger partial charge on any atom is -0.493 e. The van der Waals surface area contributed by atoms with Crippen molar-refractivity contribution in [2.24, 2.45) is 5.10 Å². The Kier molecular flexibility index (Phi) is 6.74. The van der Waals surface area contributed by atoms with Gasteiger partial charge >= 0.3 is 0 Å². The molecule has 0 aliphatic rings. The van der Waals surface area contributed by atoms with E-state index >= 15 is 0 Å². The highest BCUT2D eigenvalue weighted by atomic mass is 35.5. The summed E-state index contributed by atoms with van der Waals surface area (Å²) in [5, 5.41) is 5.16. The van der Waals surface area contributed by atoms with Crippen molar-refractivity contribution < 1.29 is 13.9 Å². The lowest BCUT2D eigenvalue weighted by Gasteiger charge is -2.14. The Morgan fingerprint density at radius 2 is 1.79 bits per heavy atom. The molecule has 1 N–H and O–H groups in total. The van der Waals surface area contributed by atoms with Gasteiger partial charge in [-0.25, -0.2) is 4.39 Å². The van der Waals surface area contributed by atoms with Gasteiger partial charge in [0.15, 0.2) is 11.5 Å². The van der Waals surface area contributed by atoms with Crippen molar-refractivity contribution in [1.29, 1.82) is 0 Å². The molecule has 4 nitrogen and oxygen atoms in total. The van der Waals surface area contributed by atoms with Gasteiger partial charge in [-0.1, -0.05) is 35.3 Å². The lowest BCUT2D eigenvalue weighted by atomic mass is 10.2. The van der Waals surface area contributed by atoms with Crippen molar-refractivity contribution in [3.8, 4) is 11.5 Å². The van der Waals surface area contributed by atoms with E-state index < -0.39 is 5.82 Å². The van der Waals surface area contributed by atoms with Crippen LogP contribution in [0.4, 0.5) is 10.1 Å². The smallest absolute Gasteiger partial charge is 0.170 e. The summed E-state index contributed by atoms with van der Waals surface area (Å²) in [6, 6.07) is 17.0. The Morgan fingerprint density at radius 1 is 1.04 bits per heavy atom. The van der Waals surface area contributed by atoms with Gasteiger partial charge < -0.3 is 9.47 Å².